The molecule has 0 spiro atoms. The number of aromatic nitrogens is 1. The van der Waals surface area contributed by atoms with E-state index in [-0.39, 0.29) is 6.10 Å². The lowest BCUT2D eigenvalue weighted by atomic mass is 10.1. The van der Waals surface area contributed by atoms with Gasteiger partial charge >= 0.3 is 0 Å². The van der Waals surface area contributed by atoms with Crippen molar-refractivity contribution in [1.82, 2.24) is 9.88 Å². The number of hydrogen-bond donors (Lipinski definition) is 2. The highest BCUT2D eigenvalue weighted by atomic mass is 16.3. The number of aryl methyl sites for hydroxylation is 1. The van der Waals surface area contributed by atoms with E-state index in [0.717, 1.165) is 0 Å². The molecular formula is C15H26N2O. The van der Waals surface area contributed by atoms with Crippen LogP contribution in [0, 0.1) is 5.92 Å². The van der Waals surface area contributed by atoms with E-state index in [1.54, 1.807) is 0 Å². The predicted molar refractivity (Wildman–Crippen MR) is 74.6 cm³/mol. The second kappa shape index (κ2) is 5.89. The van der Waals surface area contributed by atoms with Crippen LogP contribution in [0.1, 0.15) is 50.3 Å². The van der Waals surface area contributed by atoms with Crippen molar-refractivity contribution < 1.29 is 5.11 Å². The van der Waals surface area contributed by atoms with Crippen molar-refractivity contribution in [2.75, 3.05) is 7.05 Å². The van der Waals surface area contributed by atoms with Gasteiger partial charge in [-0.2, -0.15) is 0 Å². The summed E-state index contributed by atoms with van der Waals surface area (Å²) in [7, 11) is 2.04. The molecule has 1 aliphatic rings. The molecule has 0 saturated heterocycles. The summed E-state index contributed by atoms with van der Waals surface area (Å²) in [5, 5.41) is 13.4. The normalized spacial score (nSPS) is 21.7. The molecule has 0 radical (unpaired) electrons. The Kier molecular flexibility index (Phi) is 4.46. The molecule has 3 nitrogen and oxygen atoms in total. The summed E-state index contributed by atoms with van der Waals surface area (Å²) in [4.78, 5) is 0. The minimum Gasteiger partial charge on any atom is -0.391 e. The van der Waals surface area contributed by atoms with Crippen LogP contribution in [0.25, 0.3) is 0 Å². The van der Waals surface area contributed by atoms with Gasteiger partial charge in [-0.05, 0) is 43.4 Å². The van der Waals surface area contributed by atoms with Crippen molar-refractivity contribution in [3.8, 4) is 0 Å². The fourth-order valence-electron chi connectivity index (χ4n) is 2.75. The topological polar surface area (TPSA) is 37.2 Å². The van der Waals surface area contributed by atoms with Gasteiger partial charge in [-0.1, -0.05) is 20.3 Å². The van der Waals surface area contributed by atoms with E-state index < -0.39 is 0 Å². The smallest absolute Gasteiger partial charge is 0.0741 e. The summed E-state index contributed by atoms with van der Waals surface area (Å²) in [6, 6.07) is 0.486. The SMILES string of the molecule is CNC1CCCCc2cn(CC(O)C(C)C)cc21. The number of aliphatic hydroxyl groups excluding tert-OH is 1. The van der Waals surface area contributed by atoms with Crippen molar-refractivity contribution in [1.29, 1.82) is 0 Å². The lowest BCUT2D eigenvalue weighted by molar-refractivity contribution is 0.107. The van der Waals surface area contributed by atoms with Gasteiger partial charge in [-0.15, -0.1) is 0 Å². The minimum atomic E-state index is -0.255. The first kappa shape index (κ1) is 13.6. The summed E-state index contributed by atoms with van der Waals surface area (Å²) < 4.78 is 2.17. The fraction of sp³-hybridized carbons (Fsp3) is 0.733. The first-order valence-corrected chi connectivity index (χ1v) is 7.15. The van der Waals surface area contributed by atoms with Crippen molar-refractivity contribution in [3.63, 3.8) is 0 Å². The van der Waals surface area contributed by atoms with Gasteiger partial charge in [0, 0.05) is 25.0 Å². The Hall–Kier alpha value is -0.800. The van der Waals surface area contributed by atoms with Gasteiger partial charge in [0.15, 0.2) is 0 Å². The molecule has 1 aromatic rings. The van der Waals surface area contributed by atoms with Crippen LogP contribution in [0.2, 0.25) is 0 Å². The fourth-order valence-corrected chi connectivity index (χ4v) is 2.75. The van der Waals surface area contributed by atoms with Crippen molar-refractivity contribution in [2.24, 2.45) is 5.92 Å². The number of fused-ring (bicyclic) bond motifs is 1. The van der Waals surface area contributed by atoms with Crippen LogP contribution in [0.3, 0.4) is 0 Å². The molecule has 102 valence electrons. The van der Waals surface area contributed by atoms with Crippen LogP contribution in [-0.4, -0.2) is 22.8 Å². The molecule has 0 amide bonds. The third-order valence-corrected chi connectivity index (χ3v) is 4.08. The molecule has 2 atom stereocenters. The number of nitrogens with one attached hydrogen (secondary N) is 1. The summed E-state index contributed by atoms with van der Waals surface area (Å²) in [5.41, 5.74) is 2.90. The van der Waals surface area contributed by atoms with Gasteiger partial charge in [0.05, 0.1) is 6.10 Å². The maximum atomic E-state index is 9.98. The monoisotopic (exact) mass is 250 g/mol. The van der Waals surface area contributed by atoms with Crippen LogP contribution in [0.5, 0.6) is 0 Å². The summed E-state index contributed by atoms with van der Waals surface area (Å²) >= 11 is 0. The molecule has 2 N–H and O–H groups in total. The molecule has 0 aliphatic heterocycles. The van der Waals surface area contributed by atoms with E-state index in [1.165, 1.54) is 36.8 Å². The highest BCUT2D eigenvalue weighted by Crippen LogP contribution is 2.29. The van der Waals surface area contributed by atoms with E-state index in [9.17, 15) is 5.11 Å². The zero-order chi connectivity index (χ0) is 13.1. The Balaban J connectivity index is 2.16. The van der Waals surface area contributed by atoms with E-state index in [0.29, 0.717) is 18.5 Å². The van der Waals surface area contributed by atoms with Gasteiger partial charge in [-0.25, -0.2) is 0 Å². The molecule has 1 aromatic heterocycles. The van der Waals surface area contributed by atoms with Crippen LogP contribution in [-0.2, 0) is 13.0 Å². The second-order valence-electron chi connectivity index (χ2n) is 5.83. The molecule has 3 heteroatoms. The van der Waals surface area contributed by atoms with E-state index in [1.807, 2.05) is 7.05 Å². The Labute approximate surface area is 110 Å². The number of hydrogen-bond acceptors (Lipinski definition) is 2. The molecule has 0 saturated carbocycles. The van der Waals surface area contributed by atoms with E-state index in [4.69, 9.17) is 0 Å². The Morgan fingerprint density at radius 1 is 1.39 bits per heavy atom. The molecule has 0 fully saturated rings. The maximum Gasteiger partial charge on any atom is 0.0741 e. The highest BCUT2D eigenvalue weighted by molar-refractivity contribution is 5.29. The molecule has 1 aliphatic carbocycles. The lowest BCUT2D eigenvalue weighted by Gasteiger charge is -2.16. The number of aliphatic hydroxyl groups is 1. The lowest BCUT2D eigenvalue weighted by Crippen LogP contribution is -2.21. The maximum absolute atomic E-state index is 9.98. The minimum absolute atomic E-state index is 0.255. The first-order chi connectivity index (χ1) is 8.61. The average Bonchev–Trinajstić information content (AvgIpc) is 2.62. The van der Waals surface area contributed by atoms with Gasteiger partial charge < -0.3 is 15.0 Å². The first-order valence-electron chi connectivity index (χ1n) is 7.15. The van der Waals surface area contributed by atoms with E-state index >= 15 is 0 Å². The summed E-state index contributed by atoms with van der Waals surface area (Å²) in [6.07, 6.45) is 9.19. The zero-order valence-electron chi connectivity index (χ0n) is 11.8. The summed E-state index contributed by atoms with van der Waals surface area (Å²) in [6.45, 7) is 4.84. The van der Waals surface area contributed by atoms with Crippen LogP contribution < -0.4 is 5.32 Å². The molecule has 0 aromatic carbocycles. The summed E-state index contributed by atoms with van der Waals surface area (Å²) in [5.74, 6) is 0.312. The standard InChI is InChI=1S/C15H26N2O/c1-11(2)15(18)10-17-8-12-6-4-5-7-14(16-3)13(12)9-17/h8-9,11,14-16,18H,4-7,10H2,1-3H3. The molecule has 0 bridgehead atoms. The van der Waals surface area contributed by atoms with Crippen LogP contribution in [0.15, 0.2) is 12.4 Å². The molecule has 2 unspecified atom stereocenters. The second-order valence-corrected chi connectivity index (χ2v) is 5.83. The quantitative estimate of drug-likeness (QED) is 0.806. The molecule has 1 heterocycles. The van der Waals surface area contributed by atoms with Crippen molar-refractivity contribution >= 4 is 0 Å². The van der Waals surface area contributed by atoms with E-state index in [2.05, 4.69) is 36.1 Å². The zero-order valence-corrected chi connectivity index (χ0v) is 11.8. The van der Waals surface area contributed by atoms with Crippen molar-refractivity contribution in [2.45, 2.75) is 58.2 Å². The van der Waals surface area contributed by atoms with Gasteiger partial charge in [0.2, 0.25) is 0 Å². The Morgan fingerprint density at radius 3 is 2.83 bits per heavy atom. The molecular weight excluding hydrogens is 224 g/mol. The Bertz CT molecular complexity index is 384. The van der Waals surface area contributed by atoms with Gasteiger partial charge in [0.25, 0.3) is 0 Å². The number of nitrogens with zero attached hydrogens (tertiary/aromatic N) is 1. The van der Waals surface area contributed by atoms with Crippen LogP contribution in [0.4, 0.5) is 0 Å². The Morgan fingerprint density at radius 2 is 2.17 bits per heavy atom. The van der Waals surface area contributed by atoms with Crippen LogP contribution >= 0.6 is 0 Å². The van der Waals surface area contributed by atoms with Gasteiger partial charge in [-0.3, -0.25) is 0 Å². The third kappa shape index (κ3) is 2.96. The molecule has 18 heavy (non-hydrogen) atoms. The average molecular weight is 250 g/mol. The largest absolute Gasteiger partial charge is 0.391 e. The highest BCUT2D eigenvalue weighted by Gasteiger charge is 2.20. The van der Waals surface area contributed by atoms with Gasteiger partial charge in [0.1, 0.15) is 0 Å². The molecule has 2 rings (SSSR count). The third-order valence-electron chi connectivity index (χ3n) is 4.08. The van der Waals surface area contributed by atoms with Crippen molar-refractivity contribution in [3.05, 3.63) is 23.5 Å². The predicted octanol–water partition coefficient (Wildman–Crippen LogP) is 2.49. The number of rotatable bonds is 4.